The molecule has 0 bridgehead atoms. The molecule has 0 spiro atoms. The van der Waals surface area contributed by atoms with Crippen LogP contribution in [0.4, 0.5) is 0 Å². The van der Waals surface area contributed by atoms with Gasteiger partial charge in [-0.2, -0.15) is 0 Å². The number of carbonyl (C=O) groups excluding carboxylic acids is 3. The van der Waals surface area contributed by atoms with Gasteiger partial charge in [-0.25, -0.2) is 0 Å². The van der Waals surface area contributed by atoms with Crippen LogP contribution >= 0.6 is 0 Å². The van der Waals surface area contributed by atoms with E-state index in [0.717, 1.165) is 13.0 Å². The van der Waals surface area contributed by atoms with Crippen molar-refractivity contribution in [2.24, 2.45) is 5.92 Å². The molecule has 120 valence electrons. The highest BCUT2D eigenvalue weighted by Gasteiger charge is 2.33. The van der Waals surface area contributed by atoms with Gasteiger partial charge in [0.15, 0.2) is 0 Å². The van der Waals surface area contributed by atoms with Gasteiger partial charge < -0.3 is 20.4 Å². The number of rotatable bonds is 10. The fourth-order valence-corrected chi connectivity index (χ4v) is 2.35. The quantitative estimate of drug-likeness (QED) is 0.402. The van der Waals surface area contributed by atoms with Crippen molar-refractivity contribution >= 4 is 18.2 Å². The van der Waals surface area contributed by atoms with E-state index in [1.165, 1.54) is 0 Å². The van der Waals surface area contributed by atoms with Gasteiger partial charge in [0.05, 0.1) is 5.92 Å². The summed E-state index contributed by atoms with van der Waals surface area (Å²) in [4.78, 5) is 37.8. The molecular weight excluding hydrogens is 272 g/mol. The highest BCUT2D eigenvalue weighted by Crippen LogP contribution is 2.18. The molecule has 0 aromatic carbocycles. The minimum absolute atomic E-state index is 0.0652. The van der Waals surface area contributed by atoms with E-state index in [2.05, 4.69) is 15.5 Å². The minimum atomic E-state index is -0.240. The molecule has 1 aliphatic rings. The van der Waals surface area contributed by atoms with Gasteiger partial charge in [-0.05, 0) is 33.5 Å². The standard InChI is InChI=1S/C14H26N4O3/c1-17(2)7-4-8-18-10-12(9-13(18)20)14(21)16-6-3-5-15-11-19/h11-12H,3-10H2,1-2H3,(H,15,19)(H,16,21). The third-order valence-corrected chi connectivity index (χ3v) is 3.50. The lowest BCUT2D eigenvalue weighted by atomic mass is 10.1. The second kappa shape index (κ2) is 9.33. The fraction of sp³-hybridized carbons (Fsp3) is 0.786. The zero-order chi connectivity index (χ0) is 15.7. The molecule has 0 radical (unpaired) electrons. The Balaban J connectivity index is 2.22. The van der Waals surface area contributed by atoms with E-state index in [1.807, 2.05) is 14.1 Å². The first-order chi connectivity index (χ1) is 10.0. The molecule has 0 aromatic heterocycles. The Labute approximate surface area is 126 Å². The zero-order valence-electron chi connectivity index (χ0n) is 12.9. The van der Waals surface area contributed by atoms with E-state index in [4.69, 9.17) is 0 Å². The minimum Gasteiger partial charge on any atom is -0.359 e. The lowest BCUT2D eigenvalue weighted by Crippen LogP contribution is -2.35. The molecule has 0 aliphatic carbocycles. The smallest absolute Gasteiger partial charge is 0.225 e. The summed E-state index contributed by atoms with van der Waals surface area (Å²) in [5.41, 5.74) is 0. The zero-order valence-corrected chi connectivity index (χ0v) is 12.9. The Hall–Kier alpha value is -1.63. The van der Waals surface area contributed by atoms with Gasteiger partial charge >= 0.3 is 0 Å². The van der Waals surface area contributed by atoms with Crippen LogP contribution in [0, 0.1) is 5.92 Å². The Morgan fingerprint density at radius 3 is 2.81 bits per heavy atom. The van der Waals surface area contributed by atoms with Crippen molar-refractivity contribution in [3.63, 3.8) is 0 Å². The van der Waals surface area contributed by atoms with Crippen LogP contribution in [0.1, 0.15) is 19.3 Å². The van der Waals surface area contributed by atoms with Gasteiger partial charge in [0.2, 0.25) is 18.2 Å². The van der Waals surface area contributed by atoms with Crippen molar-refractivity contribution in [2.75, 3.05) is 46.8 Å². The molecule has 1 rings (SSSR count). The Morgan fingerprint density at radius 2 is 2.14 bits per heavy atom. The van der Waals surface area contributed by atoms with E-state index >= 15 is 0 Å². The highest BCUT2D eigenvalue weighted by molar-refractivity contribution is 5.89. The predicted octanol–water partition coefficient (Wildman–Crippen LogP) is -0.961. The molecule has 1 atom stereocenters. The third-order valence-electron chi connectivity index (χ3n) is 3.50. The molecule has 1 unspecified atom stereocenters. The van der Waals surface area contributed by atoms with Crippen molar-refractivity contribution in [3.8, 4) is 0 Å². The van der Waals surface area contributed by atoms with Crippen LogP contribution in [-0.4, -0.2) is 74.8 Å². The summed E-state index contributed by atoms with van der Waals surface area (Å²) >= 11 is 0. The first kappa shape index (κ1) is 17.4. The number of carbonyl (C=O) groups is 3. The van der Waals surface area contributed by atoms with Gasteiger partial charge in [0.25, 0.3) is 0 Å². The van der Waals surface area contributed by atoms with E-state index in [-0.39, 0.29) is 17.7 Å². The van der Waals surface area contributed by atoms with Gasteiger partial charge in [-0.1, -0.05) is 0 Å². The van der Waals surface area contributed by atoms with Gasteiger partial charge in [-0.15, -0.1) is 0 Å². The van der Waals surface area contributed by atoms with Gasteiger partial charge in [-0.3, -0.25) is 14.4 Å². The molecule has 1 saturated heterocycles. The van der Waals surface area contributed by atoms with Gasteiger partial charge in [0.1, 0.15) is 0 Å². The number of amides is 3. The molecule has 1 heterocycles. The number of likely N-dealkylation sites (tertiary alicyclic amines) is 1. The van der Waals surface area contributed by atoms with E-state index in [1.54, 1.807) is 4.90 Å². The van der Waals surface area contributed by atoms with Crippen LogP contribution in [0.15, 0.2) is 0 Å². The van der Waals surface area contributed by atoms with Crippen molar-refractivity contribution in [1.82, 2.24) is 20.4 Å². The molecule has 3 amide bonds. The second-order valence-corrected chi connectivity index (χ2v) is 5.61. The molecule has 1 aliphatic heterocycles. The summed E-state index contributed by atoms with van der Waals surface area (Å²) < 4.78 is 0. The Bertz CT molecular complexity index is 360. The van der Waals surface area contributed by atoms with E-state index in [9.17, 15) is 14.4 Å². The topological polar surface area (TPSA) is 81.8 Å². The van der Waals surface area contributed by atoms with Crippen LogP contribution < -0.4 is 10.6 Å². The summed E-state index contributed by atoms with van der Waals surface area (Å²) in [7, 11) is 4.00. The molecule has 7 nitrogen and oxygen atoms in total. The molecule has 2 N–H and O–H groups in total. The normalized spacial score (nSPS) is 18.1. The molecule has 0 saturated carbocycles. The van der Waals surface area contributed by atoms with E-state index in [0.29, 0.717) is 45.4 Å². The number of hydrogen-bond acceptors (Lipinski definition) is 4. The van der Waals surface area contributed by atoms with Crippen LogP contribution in [0.3, 0.4) is 0 Å². The summed E-state index contributed by atoms with van der Waals surface area (Å²) in [5.74, 6) is -0.239. The molecule has 21 heavy (non-hydrogen) atoms. The van der Waals surface area contributed by atoms with Crippen LogP contribution in [0.5, 0.6) is 0 Å². The first-order valence-electron chi connectivity index (χ1n) is 7.42. The maximum Gasteiger partial charge on any atom is 0.225 e. The van der Waals surface area contributed by atoms with Crippen LogP contribution in [-0.2, 0) is 14.4 Å². The average molecular weight is 298 g/mol. The molecule has 1 fully saturated rings. The summed E-state index contributed by atoms with van der Waals surface area (Å²) in [6.45, 7) is 3.23. The van der Waals surface area contributed by atoms with Crippen molar-refractivity contribution < 1.29 is 14.4 Å². The molecule has 7 heteroatoms. The Kier molecular flexibility index (Phi) is 7.74. The average Bonchev–Trinajstić information content (AvgIpc) is 2.79. The van der Waals surface area contributed by atoms with Crippen LogP contribution in [0.25, 0.3) is 0 Å². The number of hydrogen-bond donors (Lipinski definition) is 2. The van der Waals surface area contributed by atoms with Crippen LogP contribution in [0.2, 0.25) is 0 Å². The van der Waals surface area contributed by atoms with Crippen molar-refractivity contribution in [1.29, 1.82) is 0 Å². The predicted molar refractivity (Wildman–Crippen MR) is 79.6 cm³/mol. The fourth-order valence-electron chi connectivity index (χ4n) is 2.35. The first-order valence-corrected chi connectivity index (χ1v) is 7.42. The monoisotopic (exact) mass is 298 g/mol. The summed E-state index contributed by atoms with van der Waals surface area (Å²) in [6.07, 6.45) is 2.56. The maximum absolute atomic E-state index is 12.0. The second-order valence-electron chi connectivity index (χ2n) is 5.61. The molecular formula is C14H26N4O3. The molecule has 0 aromatic rings. The highest BCUT2D eigenvalue weighted by atomic mass is 16.2. The SMILES string of the molecule is CN(C)CCCN1CC(C(=O)NCCCNC=O)CC1=O. The van der Waals surface area contributed by atoms with E-state index < -0.39 is 0 Å². The van der Waals surface area contributed by atoms with Crippen molar-refractivity contribution in [3.05, 3.63) is 0 Å². The lowest BCUT2D eigenvalue weighted by molar-refractivity contribution is -0.129. The summed E-state index contributed by atoms with van der Waals surface area (Å²) in [5, 5.41) is 5.36. The lowest BCUT2D eigenvalue weighted by Gasteiger charge is -2.18. The van der Waals surface area contributed by atoms with Crippen molar-refractivity contribution in [2.45, 2.75) is 19.3 Å². The Morgan fingerprint density at radius 1 is 1.38 bits per heavy atom. The number of nitrogens with one attached hydrogen (secondary N) is 2. The maximum atomic E-state index is 12.0. The third kappa shape index (κ3) is 6.57. The largest absolute Gasteiger partial charge is 0.359 e. The number of nitrogens with zero attached hydrogens (tertiary/aromatic N) is 2. The summed E-state index contributed by atoms with van der Waals surface area (Å²) in [6, 6.07) is 0. The van der Waals surface area contributed by atoms with Gasteiger partial charge in [0, 0.05) is 32.6 Å².